The van der Waals surface area contributed by atoms with Crippen molar-refractivity contribution >= 4 is 34.3 Å². The predicted octanol–water partition coefficient (Wildman–Crippen LogP) is 1.87. The average molecular weight is 316 g/mol. The molecule has 0 unspecified atom stereocenters. The van der Waals surface area contributed by atoms with Crippen molar-refractivity contribution in [1.29, 1.82) is 0 Å². The van der Waals surface area contributed by atoms with Crippen molar-refractivity contribution in [2.75, 3.05) is 6.61 Å². The van der Waals surface area contributed by atoms with Crippen LogP contribution in [0.4, 0.5) is 0 Å². The van der Waals surface area contributed by atoms with E-state index >= 15 is 0 Å². The highest BCUT2D eigenvalue weighted by atomic mass is 127. The van der Waals surface area contributed by atoms with E-state index in [1.54, 1.807) is 19.1 Å². The summed E-state index contributed by atoms with van der Waals surface area (Å²) < 4.78 is 5.79. The van der Waals surface area contributed by atoms with Gasteiger partial charge in [0.15, 0.2) is 0 Å². The maximum atomic E-state index is 11.3. The van der Waals surface area contributed by atoms with E-state index in [2.05, 4.69) is 27.4 Å². The van der Waals surface area contributed by atoms with Gasteiger partial charge in [-0.25, -0.2) is 4.79 Å². The molecule has 0 fully saturated rings. The standard InChI is InChI=1S/C10H9IN2O2/c1-2-15-10(14)9(13-12)7-3-5-8(11)6-4-7/h3-6H,2H2,1H3. The summed E-state index contributed by atoms with van der Waals surface area (Å²) in [5.74, 6) is -0.624. The molecule has 0 amide bonds. The van der Waals surface area contributed by atoms with E-state index in [1.807, 2.05) is 12.1 Å². The minimum atomic E-state index is -0.624. The topological polar surface area (TPSA) is 62.7 Å². The van der Waals surface area contributed by atoms with E-state index in [1.165, 1.54) is 0 Å². The Hall–Kier alpha value is -1.20. The molecular formula is C10H9IN2O2. The number of carbonyl (C=O) groups excluding carboxylic acids is 1. The lowest BCUT2D eigenvalue weighted by atomic mass is 10.1. The van der Waals surface area contributed by atoms with Crippen molar-refractivity contribution < 1.29 is 14.3 Å². The lowest BCUT2D eigenvalue weighted by molar-refractivity contribution is -0.139. The molecule has 1 rings (SSSR count). The molecule has 78 valence electrons. The number of rotatable bonds is 3. The number of benzene rings is 1. The van der Waals surface area contributed by atoms with Crippen molar-refractivity contribution in [3.8, 4) is 0 Å². The fraction of sp³-hybridized carbons (Fsp3) is 0.200. The van der Waals surface area contributed by atoms with E-state index in [9.17, 15) is 4.79 Å². The maximum Gasteiger partial charge on any atom is 0.422 e. The highest BCUT2D eigenvalue weighted by molar-refractivity contribution is 14.1. The second-order valence-corrected chi connectivity index (χ2v) is 3.92. The van der Waals surface area contributed by atoms with Crippen molar-refractivity contribution in [2.24, 2.45) is 0 Å². The van der Waals surface area contributed by atoms with Crippen molar-refractivity contribution in [3.63, 3.8) is 0 Å². The number of hydrogen-bond donors (Lipinski definition) is 0. The molecule has 5 heteroatoms. The van der Waals surface area contributed by atoms with E-state index in [-0.39, 0.29) is 12.3 Å². The van der Waals surface area contributed by atoms with Gasteiger partial charge in [-0.2, -0.15) is 4.79 Å². The molecule has 0 aliphatic heterocycles. The Balaban J connectivity index is 2.99. The molecule has 0 bridgehead atoms. The van der Waals surface area contributed by atoms with Gasteiger partial charge in [0.2, 0.25) is 0 Å². The van der Waals surface area contributed by atoms with E-state index < -0.39 is 5.97 Å². The third kappa shape index (κ3) is 3.14. The Morgan fingerprint density at radius 2 is 2.07 bits per heavy atom. The summed E-state index contributed by atoms with van der Waals surface area (Å²) >= 11 is 2.15. The molecule has 0 saturated heterocycles. The smallest absolute Gasteiger partial charge is 0.422 e. The molecule has 15 heavy (non-hydrogen) atoms. The Bertz CT molecular complexity index is 408. The number of nitrogens with zero attached hydrogens (tertiary/aromatic N) is 2. The lowest BCUT2D eigenvalue weighted by Crippen LogP contribution is -2.19. The second kappa shape index (κ2) is 5.63. The Kier molecular flexibility index (Phi) is 4.45. The molecule has 4 nitrogen and oxygen atoms in total. The second-order valence-electron chi connectivity index (χ2n) is 2.68. The molecule has 0 aromatic heterocycles. The van der Waals surface area contributed by atoms with Crippen LogP contribution in [0.25, 0.3) is 5.53 Å². The van der Waals surface area contributed by atoms with Crippen LogP contribution in [0.3, 0.4) is 0 Å². The summed E-state index contributed by atoms with van der Waals surface area (Å²) in [5, 5.41) is 0. The highest BCUT2D eigenvalue weighted by Gasteiger charge is 2.23. The summed E-state index contributed by atoms with van der Waals surface area (Å²) in [6.07, 6.45) is 0. The zero-order valence-electron chi connectivity index (χ0n) is 8.11. The van der Waals surface area contributed by atoms with Crippen LogP contribution in [0.15, 0.2) is 24.3 Å². The molecule has 0 saturated carbocycles. The lowest BCUT2D eigenvalue weighted by Gasteiger charge is -1.97. The van der Waals surface area contributed by atoms with Crippen molar-refractivity contribution in [3.05, 3.63) is 38.9 Å². The van der Waals surface area contributed by atoms with E-state index in [4.69, 9.17) is 10.3 Å². The first-order chi connectivity index (χ1) is 7.19. The third-order valence-electron chi connectivity index (χ3n) is 1.69. The Morgan fingerprint density at radius 1 is 1.47 bits per heavy atom. The largest absolute Gasteiger partial charge is 0.457 e. The fourth-order valence-corrected chi connectivity index (χ4v) is 1.38. The number of esters is 1. The van der Waals surface area contributed by atoms with Gasteiger partial charge in [-0.15, -0.1) is 0 Å². The normalized spacial score (nSPS) is 9.20. The SMILES string of the molecule is CCOC(=O)C(=[N+]=[N-])c1ccc(I)cc1. The summed E-state index contributed by atoms with van der Waals surface area (Å²) in [5.41, 5.74) is 9.19. The zero-order chi connectivity index (χ0) is 11.3. The minimum absolute atomic E-state index is 0.0757. The van der Waals surface area contributed by atoms with Gasteiger partial charge in [-0.05, 0) is 53.8 Å². The average Bonchev–Trinajstić information content (AvgIpc) is 2.22. The van der Waals surface area contributed by atoms with Gasteiger partial charge < -0.3 is 10.3 Å². The summed E-state index contributed by atoms with van der Waals surface area (Å²) in [6, 6.07) is 7.04. The van der Waals surface area contributed by atoms with Gasteiger partial charge in [0, 0.05) is 3.57 Å². The van der Waals surface area contributed by atoms with Gasteiger partial charge in [0.05, 0.1) is 12.2 Å². The van der Waals surface area contributed by atoms with Crippen LogP contribution in [0.1, 0.15) is 12.5 Å². The van der Waals surface area contributed by atoms with Crippen LogP contribution in [-0.4, -0.2) is 23.1 Å². The zero-order valence-corrected chi connectivity index (χ0v) is 10.3. The summed E-state index contributed by atoms with van der Waals surface area (Å²) in [7, 11) is 0. The molecule has 0 atom stereocenters. The number of ether oxygens (including phenoxy) is 1. The molecular weight excluding hydrogens is 307 g/mol. The van der Waals surface area contributed by atoms with Crippen LogP contribution in [0.5, 0.6) is 0 Å². The van der Waals surface area contributed by atoms with Crippen molar-refractivity contribution in [1.82, 2.24) is 0 Å². The molecule has 0 heterocycles. The fourth-order valence-electron chi connectivity index (χ4n) is 1.02. The minimum Gasteiger partial charge on any atom is -0.457 e. The van der Waals surface area contributed by atoms with E-state index in [0.29, 0.717) is 5.56 Å². The van der Waals surface area contributed by atoms with Gasteiger partial charge in [-0.1, -0.05) is 0 Å². The first kappa shape index (κ1) is 11.9. The van der Waals surface area contributed by atoms with Gasteiger partial charge in [0.1, 0.15) is 0 Å². The maximum absolute atomic E-state index is 11.3. The van der Waals surface area contributed by atoms with Gasteiger partial charge in [-0.3, -0.25) is 0 Å². The number of hydrogen-bond acceptors (Lipinski definition) is 2. The van der Waals surface area contributed by atoms with Crippen LogP contribution in [-0.2, 0) is 9.53 Å². The van der Waals surface area contributed by atoms with Crippen LogP contribution >= 0.6 is 22.6 Å². The molecule has 1 aromatic carbocycles. The van der Waals surface area contributed by atoms with Crippen LogP contribution in [0, 0.1) is 3.57 Å². The molecule has 0 aliphatic rings. The van der Waals surface area contributed by atoms with Crippen LogP contribution in [0.2, 0.25) is 0 Å². The van der Waals surface area contributed by atoms with Crippen molar-refractivity contribution in [2.45, 2.75) is 6.92 Å². The quantitative estimate of drug-likeness (QED) is 0.281. The summed E-state index contributed by atoms with van der Waals surface area (Å²) in [6.45, 7) is 1.95. The van der Waals surface area contributed by atoms with Gasteiger partial charge >= 0.3 is 11.7 Å². The van der Waals surface area contributed by atoms with Gasteiger partial charge in [0.25, 0.3) is 0 Å². The molecule has 0 N–H and O–H groups in total. The summed E-state index contributed by atoms with van der Waals surface area (Å²) in [4.78, 5) is 14.3. The molecule has 0 aliphatic carbocycles. The Labute approximate surface area is 101 Å². The molecule has 0 radical (unpaired) electrons. The molecule has 1 aromatic rings. The Morgan fingerprint density at radius 3 is 2.53 bits per heavy atom. The van der Waals surface area contributed by atoms with E-state index in [0.717, 1.165) is 3.57 Å². The number of halogens is 1. The number of carbonyl (C=O) groups is 1. The first-order valence-corrected chi connectivity index (χ1v) is 5.42. The monoisotopic (exact) mass is 316 g/mol. The predicted molar refractivity (Wildman–Crippen MR) is 63.5 cm³/mol. The molecule has 0 spiro atoms. The first-order valence-electron chi connectivity index (χ1n) is 4.34. The third-order valence-corrected chi connectivity index (χ3v) is 2.41. The van der Waals surface area contributed by atoms with Crippen LogP contribution < -0.4 is 0 Å². The highest BCUT2D eigenvalue weighted by Crippen LogP contribution is 2.07.